The minimum Gasteiger partial charge on any atom is -0.478 e. The molecule has 0 spiro atoms. The normalized spacial score (nSPS) is 11.5. The van der Waals surface area contributed by atoms with E-state index >= 15 is 0 Å². The van der Waals surface area contributed by atoms with Crippen LogP contribution in [0.2, 0.25) is 0 Å². The smallest absolute Gasteiger partial charge is 0.335 e. The third-order valence-electron chi connectivity index (χ3n) is 2.20. The van der Waals surface area contributed by atoms with E-state index in [0.717, 1.165) is 6.26 Å². The van der Waals surface area contributed by atoms with Crippen LogP contribution in [-0.2, 0) is 10.0 Å². The summed E-state index contributed by atoms with van der Waals surface area (Å²) in [6.07, 6.45) is 1.12. The Morgan fingerprint density at radius 2 is 1.71 bits per heavy atom. The van der Waals surface area contributed by atoms with Gasteiger partial charge in [0.25, 0.3) is 0 Å². The molecular formula is C11H15NO4S. The largest absolute Gasteiger partial charge is 0.478 e. The maximum Gasteiger partial charge on any atom is 0.335 e. The van der Waals surface area contributed by atoms with Crippen LogP contribution < -0.4 is 4.31 Å². The Balaban J connectivity index is 3.18. The van der Waals surface area contributed by atoms with Crippen molar-refractivity contribution in [3.8, 4) is 0 Å². The van der Waals surface area contributed by atoms with Gasteiger partial charge < -0.3 is 5.11 Å². The summed E-state index contributed by atoms with van der Waals surface area (Å²) in [7, 11) is -3.36. The number of anilines is 1. The molecule has 5 nitrogen and oxygen atoms in total. The lowest BCUT2D eigenvalue weighted by Gasteiger charge is -2.26. The van der Waals surface area contributed by atoms with E-state index in [4.69, 9.17) is 5.11 Å². The molecule has 0 saturated heterocycles. The molecule has 0 radical (unpaired) electrons. The first kappa shape index (κ1) is 13.5. The van der Waals surface area contributed by atoms with Crippen molar-refractivity contribution in [1.29, 1.82) is 0 Å². The standard InChI is InChI=1S/C11H15NO4S/c1-8(2)12(17(3,15)16)10-6-4-9(5-7-10)11(13)14/h4-8H,1-3H3,(H,13,14). The average Bonchev–Trinajstić information content (AvgIpc) is 2.15. The van der Waals surface area contributed by atoms with E-state index < -0.39 is 16.0 Å². The van der Waals surface area contributed by atoms with E-state index in [-0.39, 0.29) is 11.6 Å². The Morgan fingerprint density at radius 3 is 2.00 bits per heavy atom. The van der Waals surface area contributed by atoms with Gasteiger partial charge in [0.15, 0.2) is 0 Å². The van der Waals surface area contributed by atoms with E-state index in [1.54, 1.807) is 13.8 Å². The van der Waals surface area contributed by atoms with Gasteiger partial charge in [-0.1, -0.05) is 0 Å². The average molecular weight is 257 g/mol. The molecule has 0 heterocycles. The van der Waals surface area contributed by atoms with Crippen LogP contribution in [-0.4, -0.2) is 31.8 Å². The summed E-state index contributed by atoms with van der Waals surface area (Å²) in [5.41, 5.74) is 0.596. The molecule has 0 aliphatic heterocycles. The Hall–Kier alpha value is -1.56. The van der Waals surface area contributed by atoms with Gasteiger partial charge in [0.2, 0.25) is 10.0 Å². The number of sulfonamides is 1. The van der Waals surface area contributed by atoms with Gasteiger partial charge in [-0.05, 0) is 38.1 Å². The highest BCUT2D eigenvalue weighted by Gasteiger charge is 2.20. The highest BCUT2D eigenvalue weighted by Crippen LogP contribution is 2.20. The number of nitrogens with zero attached hydrogens (tertiary/aromatic N) is 1. The molecule has 0 bridgehead atoms. The number of hydrogen-bond acceptors (Lipinski definition) is 3. The first-order valence-corrected chi connectivity index (χ1v) is 6.91. The van der Waals surface area contributed by atoms with E-state index in [1.165, 1.54) is 28.6 Å². The summed E-state index contributed by atoms with van der Waals surface area (Å²) in [6.45, 7) is 3.51. The van der Waals surface area contributed by atoms with Crippen LogP contribution in [0, 0.1) is 0 Å². The van der Waals surface area contributed by atoms with Gasteiger partial charge in [-0.3, -0.25) is 4.31 Å². The zero-order chi connectivity index (χ0) is 13.2. The summed E-state index contributed by atoms with van der Waals surface area (Å²) >= 11 is 0. The van der Waals surface area contributed by atoms with Crippen LogP contribution in [0.15, 0.2) is 24.3 Å². The molecule has 1 rings (SSSR count). The summed E-state index contributed by atoms with van der Waals surface area (Å²) in [6, 6.07) is 5.53. The first-order chi connectivity index (χ1) is 7.73. The minimum absolute atomic E-state index is 0.131. The highest BCUT2D eigenvalue weighted by molar-refractivity contribution is 7.92. The fourth-order valence-electron chi connectivity index (χ4n) is 1.62. The van der Waals surface area contributed by atoms with Gasteiger partial charge in [0.1, 0.15) is 0 Å². The second-order valence-corrected chi connectivity index (χ2v) is 5.86. The molecule has 0 fully saturated rings. The quantitative estimate of drug-likeness (QED) is 0.888. The zero-order valence-electron chi connectivity index (χ0n) is 9.91. The van der Waals surface area contributed by atoms with Crippen molar-refractivity contribution >= 4 is 21.7 Å². The Kier molecular flexibility index (Phi) is 3.77. The lowest BCUT2D eigenvalue weighted by Crippen LogP contribution is -2.36. The summed E-state index contributed by atoms with van der Waals surface area (Å²) in [4.78, 5) is 10.7. The number of aromatic carboxylic acids is 1. The van der Waals surface area contributed by atoms with Crippen molar-refractivity contribution in [3.63, 3.8) is 0 Å². The Labute approximate surface area is 101 Å². The lowest BCUT2D eigenvalue weighted by atomic mass is 10.2. The van der Waals surface area contributed by atoms with Gasteiger partial charge >= 0.3 is 5.97 Å². The zero-order valence-corrected chi connectivity index (χ0v) is 10.7. The van der Waals surface area contributed by atoms with Crippen LogP contribution in [0.5, 0.6) is 0 Å². The number of carboxylic acid groups (broad SMARTS) is 1. The Bertz CT molecular complexity index is 505. The van der Waals surface area contributed by atoms with Crippen LogP contribution >= 0.6 is 0 Å². The van der Waals surface area contributed by atoms with Gasteiger partial charge in [0, 0.05) is 6.04 Å². The van der Waals surface area contributed by atoms with Gasteiger partial charge in [-0.2, -0.15) is 0 Å². The molecular weight excluding hydrogens is 242 g/mol. The topological polar surface area (TPSA) is 74.7 Å². The molecule has 0 saturated carbocycles. The molecule has 0 aromatic heterocycles. The number of carbonyl (C=O) groups is 1. The lowest BCUT2D eigenvalue weighted by molar-refractivity contribution is 0.0697. The SMILES string of the molecule is CC(C)N(c1ccc(C(=O)O)cc1)S(C)(=O)=O. The fraction of sp³-hybridized carbons (Fsp3) is 0.364. The third-order valence-corrected chi connectivity index (χ3v) is 3.54. The van der Waals surface area contributed by atoms with Crippen LogP contribution in [0.25, 0.3) is 0 Å². The molecule has 0 aliphatic rings. The number of hydrogen-bond donors (Lipinski definition) is 1. The van der Waals surface area contributed by atoms with Crippen molar-refractivity contribution in [1.82, 2.24) is 0 Å². The first-order valence-electron chi connectivity index (χ1n) is 5.06. The van der Waals surface area contributed by atoms with Crippen LogP contribution in [0.3, 0.4) is 0 Å². The summed E-state index contributed by atoms with van der Waals surface area (Å²) in [5.74, 6) is -1.04. The molecule has 1 aromatic carbocycles. The maximum absolute atomic E-state index is 11.6. The van der Waals surface area contributed by atoms with Gasteiger partial charge in [-0.15, -0.1) is 0 Å². The fourth-order valence-corrected chi connectivity index (χ4v) is 2.89. The predicted molar refractivity (Wildman–Crippen MR) is 65.9 cm³/mol. The monoisotopic (exact) mass is 257 g/mol. The van der Waals surface area contributed by atoms with Gasteiger partial charge in [-0.25, -0.2) is 13.2 Å². The van der Waals surface area contributed by atoms with Crippen molar-refractivity contribution in [2.45, 2.75) is 19.9 Å². The van der Waals surface area contributed by atoms with Crippen molar-refractivity contribution < 1.29 is 18.3 Å². The number of benzene rings is 1. The van der Waals surface area contributed by atoms with Crippen molar-refractivity contribution in [3.05, 3.63) is 29.8 Å². The molecule has 6 heteroatoms. The number of carboxylic acids is 1. The van der Waals surface area contributed by atoms with Crippen molar-refractivity contribution in [2.75, 3.05) is 10.6 Å². The summed E-state index contributed by atoms with van der Waals surface area (Å²) < 4.78 is 24.5. The molecule has 0 atom stereocenters. The molecule has 17 heavy (non-hydrogen) atoms. The third kappa shape index (κ3) is 3.20. The van der Waals surface area contributed by atoms with Crippen LogP contribution in [0.4, 0.5) is 5.69 Å². The highest BCUT2D eigenvalue weighted by atomic mass is 32.2. The van der Waals surface area contributed by atoms with E-state index in [9.17, 15) is 13.2 Å². The van der Waals surface area contributed by atoms with Gasteiger partial charge in [0.05, 0.1) is 17.5 Å². The van der Waals surface area contributed by atoms with Crippen LogP contribution in [0.1, 0.15) is 24.2 Å². The minimum atomic E-state index is -3.36. The van der Waals surface area contributed by atoms with E-state index in [0.29, 0.717) is 5.69 Å². The van der Waals surface area contributed by atoms with Crippen molar-refractivity contribution in [2.24, 2.45) is 0 Å². The molecule has 0 unspecified atom stereocenters. The number of rotatable bonds is 4. The molecule has 1 N–H and O–H groups in total. The molecule has 94 valence electrons. The second kappa shape index (κ2) is 4.75. The molecule has 0 amide bonds. The summed E-state index contributed by atoms with van der Waals surface area (Å²) in [5, 5.41) is 8.75. The molecule has 1 aromatic rings. The Morgan fingerprint density at radius 1 is 1.24 bits per heavy atom. The second-order valence-electron chi connectivity index (χ2n) is 4.00. The molecule has 0 aliphatic carbocycles. The maximum atomic E-state index is 11.6. The van der Waals surface area contributed by atoms with E-state index in [1.807, 2.05) is 0 Å². The predicted octanol–water partition coefficient (Wildman–Crippen LogP) is 1.56. The van der Waals surface area contributed by atoms with E-state index in [2.05, 4.69) is 0 Å².